The summed E-state index contributed by atoms with van der Waals surface area (Å²) in [6, 6.07) is 1.66. The van der Waals surface area contributed by atoms with Gasteiger partial charge in [0.1, 0.15) is 0 Å². The maximum absolute atomic E-state index is 10.9. The van der Waals surface area contributed by atoms with Crippen molar-refractivity contribution in [2.45, 2.75) is 5.16 Å². The average Bonchev–Trinajstić information content (AvgIpc) is 2.59. The maximum Gasteiger partial charge on any atom is 0.250 e. The van der Waals surface area contributed by atoms with Crippen molar-refractivity contribution in [1.29, 1.82) is 0 Å². The van der Waals surface area contributed by atoms with Gasteiger partial charge in [0, 0.05) is 6.20 Å². The minimum atomic E-state index is -0.457. The molecule has 14 heavy (non-hydrogen) atoms. The van der Waals surface area contributed by atoms with Gasteiger partial charge in [-0.2, -0.15) is 0 Å². The third-order valence-electron chi connectivity index (χ3n) is 1.80. The lowest BCUT2D eigenvalue weighted by Crippen LogP contribution is -2.09. The molecule has 0 aliphatic heterocycles. The number of aromatic nitrogens is 3. The van der Waals surface area contributed by atoms with Gasteiger partial charge < -0.3 is 5.73 Å². The number of amides is 1. The van der Waals surface area contributed by atoms with E-state index >= 15 is 0 Å². The summed E-state index contributed by atoms with van der Waals surface area (Å²) in [5, 5.41) is 4.81. The number of nitrogens with two attached hydrogens (primary N) is 1. The Balaban J connectivity index is 2.60. The van der Waals surface area contributed by atoms with E-state index in [0.29, 0.717) is 10.7 Å². The lowest BCUT2D eigenvalue weighted by Gasteiger charge is -1.94. The van der Waals surface area contributed by atoms with Crippen LogP contribution in [0.5, 0.6) is 0 Å². The molecule has 0 aliphatic rings. The molecule has 2 rings (SSSR count). The molecule has 1 amide bonds. The number of thioether (sulfide) groups is 1. The predicted octanol–water partition coefficient (Wildman–Crippen LogP) is 0.550. The standard InChI is InChI=1S/C8H8N4OS/c1-14-8-10-3-6-2-5(7(9)13)4-12(6)11-8/h2-4H,1H3,(H2,9,13). The fourth-order valence-corrected chi connectivity index (χ4v) is 1.45. The highest BCUT2D eigenvalue weighted by molar-refractivity contribution is 7.98. The maximum atomic E-state index is 10.9. The van der Waals surface area contributed by atoms with E-state index in [2.05, 4.69) is 10.1 Å². The van der Waals surface area contributed by atoms with Crippen LogP contribution in [0.4, 0.5) is 0 Å². The van der Waals surface area contributed by atoms with Crippen LogP contribution in [0.3, 0.4) is 0 Å². The van der Waals surface area contributed by atoms with Crippen LogP contribution in [-0.4, -0.2) is 26.8 Å². The summed E-state index contributed by atoms with van der Waals surface area (Å²) in [5.41, 5.74) is 6.35. The second-order valence-electron chi connectivity index (χ2n) is 2.71. The molecule has 6 heteroatoms. The molecule has 2 heterocycles. The van der Waals surface area contributed by atoms with Crippen molar-refractivity contribution in [2.75, 3.05) is 6.26 Å². The molecule has 0 aromatic carbocycles. The van der Waals surface area contributed by atoms with E-state index in [1.54, 1.807) is 23.0 Å². The highest BCUT2D eigenvalue weighted by Crippen LogP contribution is 2.11. The molecule has 0 spiro atoms. The van der Waals surface area contributed by atoms with Gasteiger partial charge >= 0.3 is 0 Å². The number of carbonyl (C=O) groups excluding carboxylic acids is 1. The average molecular weight is 208 g/mol. The zero-order valence-corrected chi connectivity index (χ0v) is 8.28. The molecule has 72 valence electrons. The van der Waals surface area contributed by atoms with Crippen molar-refractivity contribution >= 4 is 23.2 Å². The van der Waals surface area contributed by atoms with Crippen molar-refractivity contribution in [3.05, 3.63) is 24.0 Å². The summed E-state index contributed by atoms with van der Waals surface area (Å²) < 4.78 is 1.60. The molecular formula is C8H8N4OS. The van der Waals surface area contributed by atoms with Crippen molar-refractivity contribution in [3.8, 4) is 0 Å². The van der Waals surface area contributed by atoms with Gasteiger partial charge in [0.2, 0.25) is 11.1 Å². The minimum absolute atomic E-state index is 0.442. The van der Waals surface area contributed by atoms with Gasteiger partial charge in [-0.25, -0.2) is 9.50 Å². The molecular weight excluding hydrogens is 200 g/mol. The predicted molar refractivity (Wildman–Crippen MR) is 53.3 cm³/mol. The number of fused-ring (bicyclic) bond motifs is 1. The first-order chi connectivity index (χ1) is 6.70. The Morgan fingerprint density at radius 1 is 1.64 bits per heavy atom. The molecule has 0 radical (unpaired) electrons. The molecule has 0 atom stereocenters. The zero-order chi connectivity index (χ0) is 10.1. The molecule has 0 saturated carbocycles. The minimum Gasteiger partial charge on any atom is -0.366 e. The molecule has 2 aromatic heterocycles. The fourth-order valence-electron chi connectivity index (χ4n) is 1.12. The lowest BCUT2D eigenvalue weighted by molar-refractivity contribution is 0.100. The second kappa shape index (κ2) is 3.30. The number of hydrogen-bond acceptors (Lipinski definition) is 4. The molecule has 0 fully saturated rings. The van der Waals surface area contributed by atoms with Gasteiger partial charge in [0.05, 0.1) is 17.3 Å². The highest BCUT2D eigenvalue weighted by atomic mass is 32.2. The first-order valence-corrected chi connectivity index (χ1v) is 5.12. The summed E-state index contributed by atoms with van der Waals surface area (Å²) in [5.74, 6) is -0.457. The highest BCUT2D eigenvalue weighted by Gasteiger charge is 2.06. The molecule has 2 N–H and O–H groups in total. The van der Waals surface area contributed by atoms with Crippen LogP contribution in [0, 0.1) is 0 Å². The number of hydrogen-bond donors (Lipinski definition) is 1. The molecule has 5 nitrogen and oxygen atoms in total. The summed E-state index contributed by atoms with van der Waals surface area (Å²) in [6.45, 7) is 0. The van der Waals surface area contributed by atoms with E-state index in [1.165, 1.54) is 11.8 Å². The van der Waals surface area contributed by atoms with Crippen LogP contribution in [0.25, 0.3) is 5.52 Å². The topological polar surface area (TPSA) is 73.3 Å². The van der Waals surface area contributed by atoms with Crippen molar-refractivity contribution in [2.24, 2.45) is 5.73 Å². The summed E-state index contributed by atoms with van der Waals surface area (Å²) in [7, 11) is 0. The Labute approximate surface area is 84.3 Å². The molecule has 0 unspecified atom stereocenters. The second-order valence-corrected chi connectivity index (χ2v) is 3.48. The SMILES string of the molecule is CSc1ncc2cc(C(N)=O)cn2n1. The van der Waals surface area contributed by atoms with Gasteiger partial charge in [0.15, 0.2) is 0 Å². The molecule has 2 aromatic rings. The van der Waals surface area contributed by atoms with E-state index in [4.69, 9.17) is 5.73 Å². The van der Waals surface area contributed by atoms with Crippen LogP contribution in [0.2, 0.25) is 0 Å². The molecule has 0 saturated heterocycles. The zero-order valence-electron chi connectivity index (χ0n) is 7.47. The van der Waals surface area contributed by atoms with Crippen LogP contribution in [0.1, 0.15) is 10.4 Å². The Morgan fingerprint density at radius 2 is 2.43 bits per heavy atom. The van der Waals surface area contributed by atoms with E-state index < -0.39 is 5.91 Å². The number of carbonyl (C=O) groups is 1. The summed E-state index contributed by atoms with van der Waals surface area (Å²) >= 11 is 1.44. The van der Waals surface area contributed by atoms with Gasteiger partial charge in [-0.05, 0) is 12.3 Å². The van der Waals surface area contributed by atoms with E-state index in [9.17, 15) is 4.79 Å². The van der Waals surface area contributed by atoms with Crippen molar-refractivity contribution in [1.82, 2.24) is 14.6 Å². The molecule has 0 bridgehead atoms. The molecule has 0 aliphatic carbocycles. The van der Waals surface area contributed by atoms with Crippen molar-refractivity contribution < 1.29 is 4.79 Å². The number of rotatable bonds is 2. The van der Waals surface area contributed by atoms with Gasteiger partial charge in [-0.3, -0.25) is 4.79 Å². The van der Waals surface area contributed by atoms with Crippen LogP contribution >= 0.6 is 11.8 Å². The smallest absolute Gasteiger partial charge is 0.250 e. The Hall–Kier alpha value is -1.56. The number of primary amides is 1. The van der Waals surface area contributed by atoms with Crippen molar-refractivity contribution in [3.63, 3.8) is 0 Å². The van der Waals surface area contributed by atoms with Crippen LogP contribution in [-0.2, 0) is 0 Å². The largest absolute Gasteiger partial charge is 0.366 e. The fraction of sp³-hybridized carbons (Fsp3) is 0.125. The van der Waals surface area contributed by atoms with E-state index in [1.807, 2.05) is 6.26 Å². The van der Waals surface area contributed by atoms with E-state index in [0.717, 1.165) is 5.52 Å². The normalized spacial score (nSPS) is 10.6. The van der Waals surface area contributed by atoms with E-state index in [-0.39, 0.29) is 0 Å². The van der Waals surface area contributed by atoms with Crippen LogP contribution < -0.4 is 5.73 Å². The van der Waals surface area contributed by atoms with Crippen LogP contribution in [0.15, 0.2) is 23.6 Å². The quantitative estimate of drug-likeness (QED) is 0.731. The third kappa shape index (κ3) is 1.44. The van der Waals surface area contributed by atoms with Gasteiger partial charge in [-0.15, -0.1) is 5.10 Å². The lowest BCUT2D eigenvalue weighted by atomic mass is 10.3. The monoisotopic (exact) mass is 208 g/mol. The van der Waals surface area contributed by atoms with Gasteiger partial charge in [0.25, 0.3) is 0 Å². The summed E-state index contributed by atoms with van der Waals surface area (Å²) in [4.78, 5) is 15.0. The Kier molecular flexibility index (Phi) is 2.12. The Morgan fingerprint density at radius 3 is 3.07 bits per heavy atom. The number of nitrogens with zero attached hydrogens (tertiary/aromatic N) is 3. The Bertz CT molecular complexity index is 493. The van der Waals surface area contributed by atoms with Gasteiger partial charge in [-0.1, -0.05) is 11.8 Å². The third-order valence-corrected chi connectivity index (χ3v) is 2.35. The first kappa shape index (κ1) is 9.01. The first-order valence-electron chi connectivity index (χ1n) is 3.90. The summed E-state index contributed by atoms with van der Waals surface area (Å²) in [6.07, 6.45) is 5.14.